The summed E-state index contributed by atoms with van der Waals surface area (Å²) < 4.78 is 34.8. The Morgan fingerprint density at radius 1 is 1.32 bits per heavy atom. The lowest BCUT2D eigenvalue weighted by atomic mass is 10.3. The zero-order valence-corrected chi connectivity index (χ0v) is 13.2. The number of imidazole rings is 1. The highest BCUT2D eigenvalue weighted by molar-refractivity contribution is 7.80. The summed E-state index contributed by atoms with van der Waals surface area (Å²) in [5.74, 6) is 0.767. The predicted molar refractivity (Wildman–Crippen MR) is 78.3 cm³/mol. The molecule has 2 N–H and O–H groups in total. The van der Waals surface area contributed by atoms with Crippen LogP contribution in [-0.2, 0) is 28.7 Å². The summed E-state index contributed by atoms with van der Waals surface area (Å²) in [7, 11) is 0.235. The standard InChI is InChI=1S/C11H13N5.CH4O4S/c1-15-7-8-16(2)11(15)14-13-10-6-4-3-5-9(10)12;1-5-6(2,3)4/h3-8,12H,1-2H3;1H3,(H,2,3,4). The zero-order chi connectivity index (χ0) is 16.8. The van der Waals surface area contributed by atoms with Crippen molar-refractivity contribution in [1.29, 1.82) is 0 Å². The Morgan fingerprint density at radius 2 is 1.91 bits per heavy atom. The van der Waals surface area contributed by atoms with Crippen LogP contribution in [0.1, 0.15) is 0 Å². The summed E-state index contributed by atoms with van der Waals surface area (Å²) in [6.07, 6.45) is 3.84. The van der Waals surface area contributed by atoms with E-state index in [9.17, 15) is 13.0 Å². The molecule has 1 aromatic heterocycles. The van der Waals surface area contributed by atoms with E-state index in [4.69, 9.17) is 5.73 Å². The molecule has 0 unspecified atom stereocenters. The Morgan fingerprint density at radius 3 is 2.36 bits per heavy atom. The fraction of sp³-hybridized carbons (Fsp3) is 0.250. The normalized spacial score (nSPS) is 11.3. The summed E-state index contributed by atoms with van der Waals surface area (Å²) in [5.41, 5.74) is 7.08. The summed E-state index contributed by atoms with van der Waals surface area (Å²) in [6.45, 7) is 0. The highest BCUT2D eigenvalue weighted by Crippen LogP contribution is 2.22. The third-order valence-corrected chi connectivity index (χ3v) is 2.94. The van der Waals surface area contributed by atoms with Gasteiger partial charge in [-0.2, -0.15) is 0 Å². The average Bonchev–Trinajstić information content (AvgIpc) is 2.77. The van der Waals surface area contributed by atoms with Crippen LogP contribution in [0.3, 0.4) is 0 Å². The second-order valence-corrected chi connectivity index (χ2v) is 5.30. The van der Waals surface area contributed by atoms with Gasteiger partial charge in [0.15, 0.2) is 0 Å². The van der Waals surface area contributed by atoms with Gasteiger partial charge in [0.1, 0.15) is 5.69 Å². The Kier molecular flexibility index (Phi) is 6.16. The van der Waals surface area contributed by atoms with E-state index < -0.39 is 10.4 Å². The van der Waals surface area contributed by atoms with Gasteiger partial charge in [-0.1, -0.05) is 17.2 Å². The van der Waals surface area contributed by atoms with Crippen LogP contribution in [0.4, 0.5) is 17.3 Å². The van der Waals surface area contributed by atoms with Gasteiger partial charge in [0.05, 0.1) is 39.3 Å². The van der Waals surface area contributed by atoms with Crippen LogP contribution in [0.5, 0.6) is 0 Å². The molecule has 1 heterocycles. The van der Waals surface area contributed by atoms with Crippen molar-refractivity contribution in [2.45, 2.75) is 0 Å². The number of aryl methyl sites for hydroxylation is 2. The monoisotopic (exact) mass is 327 g/mol. The first-order chi connectivity index (χ1) is 10.2. The molecule has 0 bridgehead atoms. The van der Waals surface area contributed by atoms with Crippen molar-refractivity contribution in [2.75, 3.05) is 12.8 Å². The molecule has 0 aliphatic carbocycles. The van der Waals surface area contributed by atoms with E-state index in [-0.39, 0.29) is 0 Å². The smallest absolute Gasteiger partial charge is 0.421 e. The van der Waals surface area contributed by atoms with E-state index in [2.05, 4.69) is 14.4 Å². The molecule has 0 aliphatic heterocycles. The minimum atomic E-state index is -4.41. The molecular weight excluding hydrogens is 310 g/mol. The highest BCUT2D eigenvalue weighted by Gasteiger charge is 2.10. The van der Waals surface area contributed by atoms with Crippen molar-refractivity contribution in [3.63, 3.8) is 0 Å². The van der Waals surface area contributed by atoms with E-state index >= 15 is 0 Å². The number of para-hydroxylation sites is 1. The molecule has 2 aromatic rings. The van der Waals surface area contributed by atoms with Crippen LogP contribution in [-0.4, -0.2) is 24.6 Å². The van der Waals surface area contributed by atoms with Crippen LogP contribution in [0, 0.1) is 0 Å². The topological polar surface area (TPSA) is 126 Å². The minimum absolute atomic E-state index is 0.628. The molecule has 0 amide bonds. The molecule has 0 atom stereocenters. The van der Waals surface area contributed by atoms with E-state index in [1.165, 1.54) is 0 Å². The lowest BCUT2D eigenvalue weighted by Gasteiger charge is -1.98. The molecule has 2 rings (SSSR count). The number of nitrogen functional groups attached to an aromatic ring is 1. The number of rotatable bonds is 3. The van der Waals surface area contributed by atoms with Gasteiger partial charge in [-0.25, -0.2) is 17.6 Å². The van der Waals surface area contributed by atoms with Crippen LogP contribution in [0.2, 0.25) is 0 Å². The summed E-state index contributed by atoms with van der Waals surface area (Å²) >= 11 is 0. The quantitative estimate of drug-likeness (QED) is 0.295. The van der Waals surface area contributed by atoms with Gasteiger partial charge < -0.3 is 10.3 Å². The fourth-order valence-electron chi connectivity index (χ4n) is 1.40. The Labute approximate surface area is 128 Å². The largest absolute Gasteiger partial charge is 0.726 e. The number of benzene rings is 1. The second kappa shape index (κ2) is 7.64. The molecule has 120 valence electrons. The minimum Gasteiger partial charge on any atom is -0.726 e. The van der Waals surface area contributed by atoms with Crippen molar-refractivity contribution in [3.8, 4) is 0 Å². The van der Waals surface area contributed by atoms with Gasteiger partial charge >= 0.3 is 5.95 Å². The van der Waals surface area contributed by atoms with E-state index in [0.717, 1.165) is 13.1 Å². The molecule has 0 spiro atoms. The molecule has 0 aliphatic rings. The zero-order valence-electron chi connectivity index (χ0n) is 12.4. The Hall–Kier alpha value is -2.30. The Balaban J connectivity index is 0.000000346. The second-order valence-electron chi connectivity index (χ2n) is 4.15. The number of nitrogens with two attached hydrogens (primary N) is 1. The number of hydrogen-bond acceptors (Lipinski definition) is 7. The molecule has 0 fully saturated rings. The molecule has 0 saturated carbocycles. The summed E-state index contributed by atoms with van der Waals surface area (Å²) in [5, 5.41) is 8.30. The molecular formula is C12H17N5O4S. The van der Waals surface area contributed by atoms with Crippen molar-refractivity contribution < 1.29 is 21.7 Å². The highest BCUT2D eigenvalue weighted by atomic mass is 32.3. The van der Waals surface area contributed by atoms with Crippen molar-refractivity contribution in [1.82, 2.24) is 4.57 Å². The van der Waals surface area contributed by atoms with Crippen molar-refractivity contribution in [3.05, 3.63) is 36.7 Å². The lowest BCUT2D eigenvalue weighted by molar-refractivity contribution is -0.657. The van der Waals surface area contributed by atoms with Crippen molar-refractivity contribution in [2.24, 2.45) is 24.3 Å². The lowest BCUT2D eigenvalue weighted by Crippen LogP contribution is -2.25. The Bertz CT molecular complexity index is 735. The van der Waals surface area contributed by atoms with Gasteiger partial charge in [0.2, 0.25) is 10.4 Å². The first-order valence-corrected chi connectivity index (χ1v) is 7.36. The maximum atomic E-state index is 9.22. The van der Waals surface area contributed by atoms with Crippen molar-refractivity contribution >= 4 is 27.7 Å². The summed E-state index contributed by atoms with van der Waals surface area (Å²) in [4.78, 5) is 0. The van der Waals surface area contributed by atoms with Crippen LogP contribution >= 0.6 is 0 Å². The molecule has 22 heavy (non-hydrogen) atoms. The maximum Gasteiger partial charge on any atom is 0.421 e. The van der Waals surface area contributed by atoms with Crippen LogP contribution < -0.4 is 10.3 Å². The fourth-order valence-corrected chi connectivity index (χ4v) is 1.40. The predicted octanol–water partition coefficient (Wildman–Crippen LogP) is 0.940. The number of nitrogens with zero attached hydrogens (tertiary/aromatic N) is 4. The van der Waals surface area contributed by atoms with Gasteiger partial charge in [0, 0.05) is 5.11 Å². The summed E-state index contributed by atoms with van der Waals surface area (Å²) in [6, 6.07) is 7.40. The van der Waals surface area contributed by atoms with Gasteiger partial charge in [-0.3, -0.25) is 4.18 Å². The van der Waals surface area contributed by atoms with Gasteiger partial charge in [-0.15, -0.1) is 0 Å². The number of azo groups is 1. The number of hydrogen-bond donors (Lipinski definition) is 1. The molecule has 10 heteroatoms. The first kappa shape index (κ1) is 17.8. The number of anilines is 1. The van der Waals surface area contributed by atoms with Crippen LogP contribution in [0.15, 0.2) is 46.9 Å². The molecule has 0 radical (unpaired) electrons. The SMILES string of the molecule is COS(=O)(=O)[O-].Cn1cc[n+](C)c1N=Nc1ccccc1N. The van der Waals surface area contributed by atoms with Gasteiger partial charge in [0.25, 0.3) is 0 Å². The van der Waals surface area contributed by atoms with E-state index in [1.54, 1.807) is 6.07 Å². The number of aromatic nitrogens is 2. The average molecular weight is 327 g/mol. The molecule has 9 nitrogen and oxygen atoms in total. The third-order valence-electron chi connectivity index (χ3n) is 2.53. The maximum absolute atomic E-state index is 9.22. The molecule has 1 aromatic carbocycles. The van der Waals surface area contributed by atoms with E-state index in [1.807, 2.05) is 53.8 Å². The van der Waals surface area contributed by atoms with Gasteiger partial charge in [-0.05, 0) is 12.1 Å². The van der Waals surface area contributed by atoms with E-state index in [0.29, 0.717) is 11.4 Å². The first-order valence-electron chi connectivity index (χ1n) is 6.03. The van der Waals surface area contributed by atoms with Crippen LogP contribution in [0.25, 0.3) is 0 Å². The third kappa shape index (κ3) is 5.60. The molecule has 0 saturated heterocycles.